The summed E-state index contributed by atoms with van der Waals surface area (Å²) >= 11 is 5.91. The number of methoxy groups -OCH3 is 1. The van der Waals surface area contributed by atoms with Gasteiger partial charge in [-0.3, -0.25) is 0 Å². The third-order valence-electron chi connectivity index (χ3n) is 3.01. The number of nitrogens with zero attached hydrogens (tertiary/aromatic N) is 1. The quantitative estimate of drug-likeness (QED) is 0.837. The molecule has 0 aliphatic heterocycles. The van der Waals surface area contributed by atoms with Crippen LogP contribution in [0, 0.1) is 0 Å². The Hall–Kier alpha value is -1.48. The van der Waals surface area contributed by atoms with Gasteiger partial charge in [-0.1, -0.05) is 19.1 Å². The van der Waals surface area contributed by atoms with Crippen molar-refractivity contribution in [3.63, 3.8) is 0 Å². The molecule has 0 aliphatic rings. The molecule has 1 aromatic heterocycles. The largest absolute Gasteiger partial charge is 0.496 e. The molecule has 0 amide bonds. The number of halogens is 1. The molecule has 0 saturated carbocycles. The predicted molar refractivity (Wildman–Crippen MR) is 76.7 cm³/mol. The van der Waals surface area contributed by atoms with E-state index in [2.05, 4.69) is 17.2 Å². The summed E-state index contributed by atoms with van der Waals surface area (Å²) in [5.74, 6) is 2.29. The van der Waals surface area contributed by atoms with E-state index in [9.17, 15) is 0 Å². The van der Waals surface area contributed by atoms with E-state index in [-0.39, 0.29) is 6.04 Å². The summed E-state index contributed by atoms with van der Waals surface area (Å²) < 4.78 is 5.36. The number of hydrogen-bond donors (Lipinski definition) is 1. The van der Waals surface area contributed by atoms with Crippen LogP contribution in [0.15, 0.2) is 30.5 Å². The van der Waals surface area contributed by atoms with E-state index in [1.807, 2.05) is 24.3 Å². The summed E-state index contributed by atoms with van der Waals surface area (Å²) in [5, 5.41) is 5.49. The van der Waals surface area contributed by atoms with E-state index in [0.29, 0.717) is 5.88 Å². The fourth-order valence-electron chi connectivity index (χ4n) is 1.91. The minimum absolute atomic E-state index is 0.232. The summed E-state index contributed by atoms with van der Waals surface area (Å²) in [7, 11) is 1.68. The number of aromatic nitrogens is 1. The van der Waals surface area contributed by atoms with Crippen molar-refractivity contribution in [2.45, 2.75) is 19.4 Å². The van der Waals surface area contributed by atoms with Gasteiger partial charge in [0, 0.05) is 28.9 Å². The molecule has 1 heterocycles. The Balaban J connectivity index is 2.45. The van der Waals surface area contributed by atoms with Crippen LogP contribution in [0.2, 0.25) is 0 Å². The van der Waals surface area contributed by atoms with Gasteiger partial charge in [0.1, 0.15) is 11.6 Å². The first-order chi connectivity index (χ1) is 8.80. The lowest BCUT2D eigenvalue weighted by molar-refractivity contribution is 0.420. The van der Waals surface area contributed by atoms with Gasteiger partial charge in [-0.05, 0) is 18.6 Å². The molecule has 18 heavy (non-hydrogen) atoms. The zero-order valence-electron chi connectivity index (χ0n) is 10.6. The third-order valence-corrected chi connectivity index (χ3v) is 3.38. The summed E-state index contributed by atoms with van der Waals surface area (Å²) in [6.45, 7) is 2.10. The van der Waals surface area contributed by atoms with Crippen LogP contribution in [-0.4, -0.2) is 24.0 Å². The molecule has 1 aromatic carbocycles. The van der Waals surface area contributed by atoms with Crippen molar-refractivity contribution in [2.24, 2.45) is 0 Å². The smallest absolute Gasteiger partial charge is 0.134 e. The standard InChI is InChI=1S/C14H17ClN2O/c1-3-10(9-15)17-14-12-5-4-6-13(18-2)11(12)7-8-16-14/h4-8,10H,3,9H2,1-2H3,(H,16,17). The summed E-state index contributed by atoms with van der Waals surface area (Å²) in [4.78, 5) is 4.39. The second-order valence-electron chi connectivity index (χ2n) is 4.12. The molecule has 2 aromatic rings. The Morgan fingerprint density at radius 2 is 2.17 bits per heavy atom. The molecule has 1 unspecified atom stereocenters. The third kappa shape index (κ3) is 2.51. The van der Waals surface area contributed by atoms with Crippen LogP contribution in [0.5, 0.6) is 5.75 Å². The maximum absolute atomic E-state index is 5.91. The molecular formula is C14H17ClN2O. The van der Waals surface area contributed by atoms with Gasteiger partial charge in [-0.2, -0.15) is 0 Å². The Kier molecular flexibility index (Phi) is 4.26. The molecule has 0 radical (unpaired) electrons. The average molecular weight is 265 g/mol. The second-order valence-corrected chi connectivity index (χ2v) is 4.43. The topological polar surface area (TPSA) is 34.2 Å². The van der Waals surface area contributed by atoms with Gasteiger partial charge in [0.2, 0.25) is 0 Å². The second kappa shape index (κ2) is 5.91. The van der Waals surface area contributed by atoms with E-state index in [1.165, 1.54) is 0 Å². The number of anilines is 1. The highest BCUT2D eigenvalue weighted by atomic mass is 35.5. The average Bonchev–Trinajstić information content (AvgIpc) is 2.44. The monoisotopic (exact) mass is 264 g/mol. The molecule has 3 nitrogen and oxygen atoms in total. The molecular weight excluding hydrogens is 248 g/mol. The van der Waals surface area contributed by atoms with Gasteiger partial charge in [0.25, 0.3) is 0 Å². The van der Waals surface area contributed by atoms with Gasteiger partial charge >= 0.3 is 0 Å². The number of benzene rings is 1. The van der Waals surface area contributed by atoms with Crippen LogP contribution in [0.4, 0.5) is 5.82 Å². The molecule has 0 aliphatic carbocycles. The maximum atomic E-state index is 5.91. The number of fused-ring (bicyclic) bond motifs is 1. The first-order valence-corrected chi connectivity index (χ1v) is 6.57. The number of ether oxygens (including phenoxy) is 1. The molecule has 1 N–H and O–H groups in total. The normalized spacial score (nSPS) is 12.4. The van der Waals surface area contributed by atoms with Crippen LogP contribution >= 0.6 is 11.6 Å². The van der Waals surface area contributed by atoms with Gasteiger partial charge < -0.3 is 10.1 Å². The highest BCUT2D eigenvalue weighted by Gasteiger charge is 2.09. The zero-order valence-corrected chi connectivity index (χ0v) is 11.4. The van der Waals surface area contributed by atoms with Crippen molar-refractivity contribution in [3.8, 4) is 5.75 Å². The Morgan fingerprint density at radius 1 is 1.33 bits per heavy atom. The van der Waals surface area contributed by atoms with Crippen LogP contribution in [0.25, 0.3) is 10.8 Å². The fourth-order valence-corrected chi connectivity index (χ4v) is 2.21. The molecule has 0 spiro atoms. The number of hydrogen-bond acceptors (Lipinski definition) is 3. The van der Waals surface area contributed by atoms with Crippen molar-refractivity contribution < 1.29 is 4.74 Å². The highest BCUT2D eigenvalue weighted by Crippen LogP contribution is 2.29. The van der Waals surface area contributed by atoms with Crippen molar-refractivity contribution in [2.75, 3.05) is 18.3 Å². The number of rotatable bonds is 5. The van der Waals surface area contributed by atoms with E-state index < -0.39 is 0 Å². The van der Waals surface area contributed by atoms with Crippen molar-refractivity contribution >= 4 is 28.2 Å². The molecule has 0 bridgehead atoms. The van der Waals surface area contributed by atoms with Gasteiger partial charge in [-0.15, -0.1) is 11.6 Å². The Morgan fingerprint density at radius 3 is 2.83 bits per heavy atom. The molecule has 4 heteroatoms. The fraction of sp³-hybridized carbons (Fsp3) is 0.357. The lowest BCUT2D eigenvalue weighted by atomic mass is 10.1. The lowest BCUT2D eigenvalue weighted by Gasteiger charge is -2.16. The first kappa shape index (κ1) is 13.0. The van der Waals surface area contributed by atoms with Gasteiger partial charge in [0.05, 0.1) is 7.11 Å². The van der Waals surface area contributed by atoms with E-state index >= 15 is 0 Å². The summed E-state index contributed by atoms with van der Waals surface area (Å²) in [5.41, 5.74) is 0. The van der Waals surface area contributed by atoms with E-state index in [4.69, 9.17) is 16.3 Å². The minimum atomic E-state index is 0.232. The zero-order chi connectivity index (χ0) is 13.0. The SMILES string of the molecule is CCC(CCl)Nc1nccc2c(OC)cccc12. The van der Waals surface area contributed by atoms with Crippen LogP contribution in [0.1, 0.15) is 13.3 Å². The van der Waals surface area contributed by atoms with Crippen molar-refractivity contribution in [1.29, 1.82) is 0 Å². The Bertz CT molecular complexity index is 526. The first-order valence-electron chi connectivity index (χ1n) is 6.04. The van der Waals surface area contributed by atoms with Gasteiger partial charge in [0.15, 0.2) is 0 Å². The Labute approximate surface area is 112 Å². The minimum Gasteiger partial charge on any atom is -0.496 e. The van der Waals surface area contributed by atoms with Crippen LogP contribution in [0.3, 0.4) is 0 Å². The number of pyridine rings is 1. The molecule has 2 rings (SSSR count). The van der Waals surface area contributed by atoms with Crippen molar-refractivity contribution in [3.05, 3.63) is 30.5 Å². The maximum Gasteiger partial charge on any atom is 0.134 e. The highest BCUT2D eigenvalue weighted by molar-refractivity contribution is 6.18. The van der Waals surface area contributed by atoms with Crippen LogP contribution < -0.4 is 10.1 Å². The molecule has 96 valence electrons. The summed E-state index contributed by atoms with van der Waals surface area (Å²) in [6.07, 6.45) is 2.75. The van der Waals surface area contributed by atoms with E-state index in [0.717, 1.165) is 28.8 Å². The van der Waals surface area contributed by atoms with Crippen molar-refractivity contribution in [1.82, 2.24) is 4.98 Å². The predicted octanol–water partition coefficient (Wildman–Crippen LogP) is 3.67. The number of nitrogens with one attached hydrogen (secondary N) is 1. The molecule has 1 atom stereocenters. The van der Waals surface area contributed by atoms with Crippen LogP contribution in [-0.2, 0) is 0 Å². The lowest BCUT2D eigenvalue weighted by Crippen LogP contribution is -2.20. The molecule has 0 saturated heterocycles. The summed E-state index contributed by atoms with van der Waals surface area (Å²) in [6, 6.07) is 8.14. The molecule has 0 fully saturated rings. The van der Waals surface area contributed by atoms with E-state index in [1.54, 1.807) is 13.3 Å². The number of alkyl halides is 1. The van der Waals surface area contributed by atoms with Gasteiger partial charge in [-0.25, -0.2) is 4.98 Å².